The second-order valence-electron chi connectivity index (χ2n) is 3.96. The SMILES string of the molecule is N#Cc1cccc(NCCc2ccccc2F)c1. The van der Waals surface area contributed by atoms with Gasteiger partial charge in [0.05, 0.1) is 11.6 Å². The van der Waals surface area contributed by atoms with Crippen LogP contribution >= 0.6 is 0 Å². The van der Waals surface area contributed by atoms with E-state index in [1.54, 1.807) is 24.3 Å². The fraction of sp³-hybridized carbons (Fsp3) is 0.133. The molecule has 2 nitrogen and oxygen atoms in total. The van der Waals surface area contributed by atoms with Crippen LogP contribution in [0.25, 0.3) is 0 Å². The highest BCUT2D eigenvalue weighted by Gasteiger charge is 2.00. The van der Waals surface area contributed by atoms with Gasteiger partial charge in [-0.25, -0.2) is 4.39 Å². The average molecular weight is 240 g/mol. The van der Waals surface area contributed by atoms with Gasteiger partial charge in [0.2, 0.25) is 0 Å². The lowest BCUT2D eigenvalue weighted by molar-refractivity contribution is 0.610. The first-order valence-corrected chi connectivity index (χ1v) is 5.77. The Morgan fingerprint density at radius 2 is 1.94 bits per heavy atom. The van der Waals surface area contributed by atoms with Crippen molar-refractivity contribution in [2.45, 2.75) is 6.42 Å². The van der Waals surface area contributed by atoms with E-state index in [1.165, 1.54) is 6.07 Å². The summed E-state index contributed by atoms with van der Waals surface area (Å²) in [5.41, 5.74) is 2.19. The Balaban J connectivity index is 1.93. The van der Waals surface area contributed by atoms with Crippen molar-refractivity contribution in [2.75, 3.05) is 11.9 Å². The smallest absolute Gasteiger partial charge is 0.126 e. The van der Waals surface area contributed by atoms with Gasteiger partial charge in [-0.3, -0.25) is 0 Å². The van der Waals surface area contributed by atoms with Gasteiger partial charge in [-0.2, -0.15) is 5.26 Å². The number of benzene rings is 2. The maximum atomic E-state index is 13.4. The highest BCUT2D eigenvalue weighted by molar-refractivity contribution is 5.49. The average Bonchev–Trinajstić information content (AvgIpc) is 2.41. The van der Waals surface area contributed by atoms with Gasteiger partial charge in [-0.1, -0.05) is 24.3 Å². The van der Waals surface area contributed by atoms with Crippen molar-refractivity contribution < 1.29 is 4.39 Å². The van der Waals surface area contributed by atoms with Crippen molar-refractivity contribution in [3.63, 3.8) is 0 Å². The molecule has 0 aliphatic rings. The standard InChI is InChI=1S/C15H13FN2/c16-15-7-2-1-5-13(15)8-9-18-14-6-3-4-12(10-14)11-17/h1-7,10,18H,8-9H2. The molecule has 0 spiro atoms. The number of nitriles is 1. The molecule has 2 rings (SSSR count). The zero-order valence-electron chi connectivity index (χ0n) is 9.86. The summed E-state index contributed by atoms with van der Waals surface area (Å²) in [5, 5.41) is 12.0. The van der Waals surface area contributed by atoms with E-state index >= 15 is 0 Å². The second kappa shape index (κ2) is 5.83. The summed E-state index contributed by atoms with van der Waals surface area (Å²) < 4.78 is 13.4. The summed E-state index contributed by atoms with van der Waals surface area (Å²) >= 11 is 0. The number of halogens is 1. The number of hydrogen-bond acceptors (Lipinski definition) is 2. The Morgan fingerprint density at radius 3 is 2.72 bits per heavy atom. The zero-order chi connectivity index (χ0) is 12.8. The van der Waals surface area contributed by atoms with Gasteiger partial charge in [-0.15, -0.1) is 0 Å². The molecule has 0 heterocycles. The molecule has 2 aromatic rings. The molecule has 0 atom stereocenters. The lowest BCUT2D eigenvalue weighted by Gasteiger charge is -2.07. The summed E-state index contributed by atoms with van der Waals surface area (Å²) in [6.07, 6.45) is 0.615. The molecule has 3 heteroatoms. The molecule has 0 saturated carbocycles. The van der Waals surface area contributed by atoms with E-state index in [9.17, 15) is 4.39 Å². The Kier molecular flexibility index (Phi) is 3.93. The largest absolute Gasteiger partial charge is 0.385 e. The predicted molar refractivity (Wildman–Crippen MR) is 69.8 cm³/mol. The third-order valence-corrected chi connectivity index (χ3v) is 2.67. The Hall–Kier alpha value is -2.34. The molecule has 2 aromatic carbocycles. The van der Waals surface area contributed by atoms with Crippen molar-refractivity contribution in [1.82, 2.24) is 0 Å². The fourth-order valence-electron chi connectivity index (χ4n) is 1.74. The van der Waals surface area contributed by atoms with Crippen LogP contribution in [-0.2, 0) is 6.42 Å². The molecule has 0 radical (unpaired) electrons. The first-order chi connectivity index (χ1) is 8.79. The van der Waals surface area contributed by atoms with Crippen molar-refractivity contribution in [1.29, 1.82) is 5.26 Å². The topological polar surface area (TPSA) is 35.8 Å². The number of anilines is 1. The van der Waals surface area contributed by atoms with E-state index in [1.807, 2.05) is 18.2 Å². The Labute approximate surface area is 106 Å². The molecule has 0 saturated heterocycles. The lowest BCUT2D eigenvalue weighted by atomic mass is 10.1. The monoisotopic (exact) mass is 240 g/mol. The van der Waals surface area contributed by atoms with E-state index < -0.39 is 0 Å². The highest BCUT2D eigenvalue weighted by atomic mass is 19.1. The van der Waals surface area contributed by atoms with Crippen LogP contribution < -0.4 is 5.32 Å². The van der Waals surface area contributed by atoms with Gasteiger partial charge in [0.15, 0.2) is 0 Å². The zero-order valence-corrected chi connectivity index (χ0v) is 9.86. The summed E-state index contributed by atoms with van der Waals surface area (Å²) in [6.45, 7) is 0.635. The molecule has 1 N–H and O–H groups in total. The Bertz CT molecular complexity index is 573. The lowest BCUT2D eigenvalue weighted by Crippen LogP contribution is -2.06. The van der Waals surface area contributed by atoms with Gasteiger partial charge in [-0.05, 0) is 36.2 Å². The van der Waals surface area contributed by atoms with Crippen LogP contribution in [0.1, 0.15) is 11.1 Å². The normalized spacial score (nSPS) is 9.78. The minimum Gasteiger partial charge on any atom is -0.385 e. The van der Waals surface area contributed by atoms with Crippen LogP contribution in [0.3, 0.4) is 0 Å². The van der Waals surface area contributed by atoms with Gasteiger partial charge in [0.1, 0.15) is 5.82 Å². The molecule has 18 heavy (non-hydrogen) atoms. The molecule has 0 amide bonds. The van der Waals surface area contributed by atoms with Crippen LogP contribution in [0, 0.1) is 17.1 Å². The quantitative estimate of drug-likeness (QED) is 0.889. The van der Waals surface area contributed by atoms with Gasteiger partial charge in [0.25, 0.3) is 0 Å². The van der Waals surface area contributed by atoms with Gasteiger partial charge < -0.3 is 5.32 Å². The molecule has 0 aliphatic heterocycles. The minimum atomic E-state index is -0.176. The van der Waals surface area contributed by atoms with Crippen LogP contribution in [0.2, 0.25) is 0 Å². The number of nitrogens with zero attached hydrogens (tertiary/aromatic N) is 1. The van der Waals surface area contributed by atoms with Crippen LogP contribution in [0.15, 0.2) is 48.5 Å². The van der Waals surface area contributed by atoms with Crippen molar-refractivity contribution >= 4 is 5.69 Å². The van der Waals surface area contributed by atoms with Crippen LogP contribution in [-0.4, -0.2) is 6.54 Å². The minimum absolute atomic E-state index is 0.176. The summed E-state index contributed by atoms with van der Waals surface area (Å²) in [6, 6.07) is 16.1. The first-order valence-electron chi connectivity index (χ1n) is 5.77. The second-order valence-corrected chi connectivity index (χ2v) is 3.96. The van der Waals surface area contributed by atoms with Crippen molar-refractivity contribution in [3.05, 3.63) is 65.5 Å². The van der Waals surface area contributed by atoms with Crippen LogP contribution in [0.5, 0.6) is 0 Å². The maximum absolute atomic E-state index is 13.4. The summed E-state index contributed by atoms with van der Waals surface area (Å²) in [4.78, 5) is 0. The van der Waals surface area contributed by atoms with E-state index in [-0.39, 0.29) is 5.82 Å². The maximum Gasteiger partial charge on any atom is 0.126 e. The molecule has 0 fully saturated rings. The van der Waals surface area contributed by atoms with E-state index in [2.05, 4.69) is 11.4 Å². The van der Waals surface area contributed by atoms with Gasteiger partial charge in [0, 0.05) is 12.2 Å². The van der Waals surface area contributed by atoms with E-state index in [0.29, 0.717) is 24.1 Å². The molecule has 0 unspecified atom stereocenters. The van der Waals surface area contributed by atoms with Gasteiger partial charge >= 0.3 is 0 Å². The van der Waals surface area contributed by atoms with Crippen molar-refractivity contribution in [2.24, 2.45) is 0 Å². The third-order valence-electron chi connectivity index (χ3n) is 2.67. The van der Waals surface area contributed by atoms with E-state index in [0.717, 1.165) is 5.69 Å². The molecule has 0 aromatic heterocycles. The number of rotatable bonds is 4. The third kappa shape index (κ3) is 3.08. The molecular formula is C15H13FN2. The highest BCUT2D eigenvalue weighted by Crippen LogP contribution is 2.11. The number of hydrogen-bond donors (Lipinski definition) is 1. The summed E-state index contributed by atoms with van der Waals surface area (Å²) in [5.74, 6) is -0.176. The first kappa shape index (κ1) is 12.1. The van der Waals surface area contributed by atoms with Crippen LogP contribution in [0.4, 0.5) is 10.1 Å². The molecule has 90 valence electrons. The van der Waals surface area contributed by atoms with Crippen molar-refractivity contribution in [3.8, 4) is 6.07 Å². The fourth-order valence-corrected chi connectivity index (χ4v) is 1.74. The van der Waals surface area contributed by atoms with E-state index in [4.69, 9.17) is 5.26 Å². The summed E-state index contributed by atoms with van der Waals surface area (Å²) in [7, 11) is 0. The molecule has 0 bridgehead atoms. The predicted octanol–water partition coefficient (Wildman–Crippen LogP) is 3.35. The number of nitrogens with one attached hydrogen (secondary N) is 1. The Morgan fingerprint density at radius 1 is 1.11 bits per heavy atom. The molecule has 0 aliphatic carbocycles. The molecular weight excluding hydrogens is 227 g/mol.